The molecule has 0 saturated carbocycles. The number of anilines is 2. The topological polar surface area (TPSA) is 58.4 Å². The summed E-state index contributed by atoms with van der Waals surface area (Å²) in [4.78, 5) is 13.1. The highest BCUT2D eigenvalue weighted by molar-refractivity contribution is 5.77. The van der Waals surface area contributed by atoms with Gasteiger partial charge < -0.3 is 16.0 Å². The highest BCUT2D eigenvalue weighted by Gasteiger charge is 2.35. The van der Waals surface area contributed by atoms with Gasteiger partial charge in [0.05, 0.1) is 0 Å². The van der Waals surface area contributed by atoms with Gasteiger partial charge in [0.2, 0.25) is 5.91 Å². The molecule has 6 heteroatoms. The van der Waals surface area contributed by atoms with E-state index in [2.05, 4.69) is 5.32 Å². The van der Waals surface area contributed by atoms with E-state index in [4.69, 9.17) is 5.73 Å². The molecule has 0 bridgehead atoms. The molecule has 2 atom stereocenters. The Morgan fingerprint density at radius 2 is 1.95 bits per heavy atom. The molecule has 2 unspecified atom stereocenters. The molecule has 0 aliphatic carbocycles. The van der Waals surface area contributed by atoms with Crippen LogP contribution >= 0.6 is 0 Å². The van der Waals surface area contributed by atoms with Crippen molar-refractivity contribution in [2.24, 2.45) is 5.92 Å². The van der Waals surface area contributed by atoms with Crippen LogP contribution in [-0.2, 0) is 4.79 Å². The maximum Gasteiger partial charge on any atom is 0.220 e. The van der Waals surface area contributed by atoms with E-state index in [1.54, 1.807) is 4.90 Å². The van der Waals surface area contributed by atoms with Gasteiger partial charge in [-0.25, -0.2) is 8.78 Å². The Bertz CT molecular complexity index is 526. The summed E-state index contributed by atoms with van der Waals surface area (Å²) in [6, 6.07) is 2.42. The first kappa shape index (κ1) is 13.1. The van der Waals surface area contributed by atoms with Crippen molar-refractivity contribution in [3.8, 4) is 0 Å². The molecule has 0 spiro atoms. The minimum Gasteiger partial charge on any atom is -0.399 e. The molecule has 2 aliphatic rings. The van der Waals surface area contributed by atoms with Crippen molar-refractivity contribution in [3.05, 3.63) is 23.8 Å². The Kier molecular flexibility index (Phi) is 3.23. The zero-order valence-electron chi connectivity index (χ0n) is 11.0. The fraction of sp³-hybridized carbons (Fsp3) is 0.500. The summed E-state index contributed by atoms with van der Waals surface area (Å²) >= 11 is 0. The summed E-state index contributed by atoms with van der Waals surface area (Å²) in [5.41, 5.74) is 5.51. The van der Waals surface area contributed by atoms with Crippen LogP contribution in [0.15, 0.2) is 12.1 Å². The lowest BCUT2D eigenvalue weighted by Crippen LogP contribution is -2.54. The molecule has 2 aliphatic heterocycles. The number of fused-ring (bicyclic) bond motifs is 1. The van der Waals surface area contributed by atoms with Crippen LogP contribution in [0.5, 0.6) is 0 Å². The third kappa shape index (κ3) is 2.30. The van der Waals surface area contributed by atoms with Crippen molar-refractivity contribution in [1.29, 1.82) is 0 Å². The van der Waals surface area contributed by atoms with Crippen molar-refractivity contribution in [3.63, 3.8) is 0 Å². The molecule has 3 rings (SSSR count). The van der Waals surface area contributed by atoms with Crippen molar-refractivity contribution in [2.75, 3.05) is 23.7 Å². The second kappa shape index (κ2) is 4.92. The standard InChI is InChI=1S/C14H17F2N3O/c15-10-5-9(17)6-11(16)14(10)19-4-3-12-8(7-19)1-2-13(20)18-12/h5-6,8,12H,1-4,7,17H2,(H,18,20). The number of amides is 1. The van der Waals surface area contributed by atoms with Crippen LogP contribution in [0.1, 0.15) is 19.3 Å². The maximum atomic E-state index is 14.0. The summed E-state index contributed by atoms with van der Waals surface area (Å²) < 4.78 is 27.9. The Morgan fingerprint density at radius 1 is 1.25 bits per heavy atom. The molecule has 3 N–H and O–H groups in total. The number of benzene rings is 1. The highest BCUT2D eigenvalue weighted by Crippen LogP contribution is 2.32. The predicted molar refractivity (Wildman–Crippen MR) is 72.3 cm³/mol. The molecule has 2 saturated heterocycles. The molecule has 0 aromatic heterocycles. The number of rotatable bonds is 1. The quantitative estimate of drug-likeness (QED) is 0.770. The summed E-state index contributed by atoms with van der Waals surface area (Å²) in [6.45, 7) is 1.09. The minimum absolute atomic E-state index is 0.00505. The summed E-state index contributed by atoms with van der Waals surface area (Å²) in [5.74, 6) is -0.927. The molecule has 4 nitrogen and oxygen atoms in total. The lowest BCUT2D eigenvalue weighted by molar-refractivity contribution is -0.124. The van der Waals surface area contributed by atoms with E-state index in [0.29, 0.717) is 25.9 Å². The average Bonchev–Trinajstić information content (AvgIpc) is 2.37. The van der Waals surface area contributed by atoms with E-state index in [-0.39, 0.29) is 29.2 Å². The molecule has 0 radical (unpaired) electrons. The first-order valence-corrected chi connectivity index (χ1v) is 6.83. The third-order valence-corrected chi connectivity index (χ3v) is 4.18. The lowest BCUT2D eigenvalue weighted by Gasteiger charge is -2.42. The Hall–Kier alpha value is -1.85. The molecule has 20 heavy (non-hydrogen) atoms. The van der Waals surface area contributed by atoms with E-state index in [1.807, 2.05) is 0 Å². The molecular weight excluding hydrogens is 264 g/mol. The Balaban J connectivity index is 1.82. The van der Waals surface area contributed by atoms with Crippen molar-refractivity contribution < 1.29 is 13.6 Å². The normalized spacial score (nSPS) is 26.1. The van der Waals surface area contributed by atoms with Gasteiger partial charge in [-0.3, -0.25) is 4.79 Å². The van der Waals surface area contributed by atoms with Crippen LogP contribution in [0.4, 0.5) is 20.2 Å². The van der Waals surface area contributed by atoms with Gasteiger partial charge in [-0.05, 0) is 30.9 Å². The van der Waals surface area contributed by atoms with Crippen LogP contribution < -0.4 is 16.0 Å². The van der Waals surface area contributed by atoms with Crippen LogP contribution in [0.2, 0.25) is 0 Å². The average molecular weight is 281 g/mol. The van der Waals surface area contributed by atoms with Gasteiger partial charge in [-0.15, -0.1) is 0 Å². The van der Waals surface area contributed by atoms with Crippen LogP contribution in [0.25, 0.3) is 0 Å². The van der Waals surface area contributed by atoms with Crippen LogP contribution in [0, 0.1) is 17.6 Å². The van der Waals surface area contributed by atoms with E-state index in [1.165, 1.54) is 0 Å². The van der Waals surface area contributed by atoms with Crippen molar-refractivity contribution in [2.45, 2.75) is 25.3 Å². The SMILES string of the molecule is Nc1cc(F)c(N2CCC3NC(=O)CCC3C2)c(F)c1. The van der Waals surface area contributed by atoms with E-state index in [0.717, 1.165) is 18.6 Å². The smallest absolute Gasteiger partial charge is 0.220 e. The number of hydrogen-bond acceptors (Lipinski definition) is 3. The van der Waals surface area contributed by atoms with Crippen LogP contribution in [-0.4, -0.2) is 25.0 Å². The molecule has 2 fully saturated rings. The summed E-state index contributed by atoms with van der Waals surface area (Å²) in [6.07, 6.45) is 1.96. The van der Waals surface area contributed by atoms with Crippen molar-refractivity contribution >= 4 is 17.3 Å². The largest absolute Gasteiger partial charge is 0.399 e. The molecule has 1 amide bonds. The van der Waals surface area contributed by atoms with E-state index in [9.17, 15) is 13.6 Å². The van der Waals surface area contributed by atoms with Crippen molar-refractivity contribution in [1.82, 2.24) is 5.32 Å². The number of nitrogens with one attached hydrogen (secondary N) is 1. The third-order valence-electron chi connectivity index (χ3n) is 4.18. The fourth-order valence-electron chi connectivity index (χ4n) is 3.20. The summed E-state index contributed by atoms with van der Waals surface area (Å²) in [7, 11) is 0. The summed E-state index contributed by atoms with van der Waals surface area (Å²) in [5, 5.41) is 2.96. The molecule has 1 aromatic carbocycles. The number of nitrogen functional groups attached to an aromatic ring is 1. The van der Waals surface area contributed by atoms with Gasteiger partial charge in [-0.1, -0.05) is 0 Å². The number of halogens is 2. The monoisotopic (exact) mass is 281 g/mol. The number of piperidine rings is 2. The number of nitrogens with zero attached hydrogens (tertiary/aromatic N) is 1. The van der Waals surface area contributed by atoms with Crippen LogP contribution in [0.3, 0.4) is 0 Å². The highest BCUT2D eigenvalue weighted by atomic mass is 19.1. The Labute approximate surface area is 115 Å². The first-order valence-electron chi connectivity index (χ1n) is 6.83. The second-order valence-electron chi connectivity index (χ2n) is 5.54. The fourth-order valence-corrected chi connectivity index (χ4v) is 3.20. The number of carbonyl (C=O) groups is 1. The van der Waals surface area contributed by atoms with E-state index < -0.39 is 11.6 Å². The van der Waals surface area contributed by atoms with Gasteiger partial charge >= 0.3 is 0 Å². The number of carbonyl (C=O) groups excluding carboxylic acids is 1. The van der Waals surface area contributed by atoms with Gasteiger partial charge in [-0.2, -0.15) is 0 Å². The zero-order chi connectivity index (χ0) is 14.3. The van der Waals surface area contributed by atoms with Gasteiger partial charge in [0, 0.05) is 31.2 Å². The minimum atomic E-state index is -0.624. The zero-order valence-corrected chi connectivity index (χ0v) is 11.0. The first-order chi connectivity index (χ1) is 9.54. The van der Waals surface area contributed by atoms with Gasteiger partial charge in [0.15, 0.2) is 11.6 Å². The number of nitrogens with two attached hydrogens (primary N) is 1. The Morgan fingerprint density at radius 3 is 2.65 bits per heavy atom. The van der Waals surface area contributed by atoms with Gasteiger partial charge in [0.25, 0.3) is 0 Å². The molecular formula is C14H17F2N3O. The lowest BCUT2D eigenvalue weighted by atomic mass is 9.85. The van der Waals surface area contributed by atoms with Gasteiger partial charge in [0.1, 0.15) is 5.69 Å². The maximum absolute atomic E-state index is 14.0. The molecule has 108 valence electrons. The predicted octanol–water partition coefficient (Wildman–Crippen LogP) is 1.65. The van der Waals surface area contributed by atoms with E-state index >= 15 is 0 Å². The second-order valence-corrected chi connectivity index (χ2v) is 5.54. The molecule has 1 aromatic rings. The number of hydrogen-bond donors (Lipinski definition) is 2. The molecule has 2 heterocycles.